The molecule has 31 heavy (non-hydrogen) atoms. The second kappa shape index (κ2) is 9.32. The van der Waals surface area contributed by atoms with E-state index in [1.165, 1.54) is 7.11 Å². The minimum absolute atomic E-state index is 0.279. The molecular weight excluding hydrogens is 398 g/mol. The highest BCUT2D eigenvalue weighted by molar-refractivity contribution is 5.87. The molecule has 0 amide bonds. The molecule has 1 saturated heterocycles. The molecule has 0 radical (unpaired) electrons. The highest BCUT2D eigenvalue weighted by Gasteiger charge is 2.19. The fourth-order valence-electron chi connectivity index (χ4n) is 3.76. The number of hydrogen-bond acceptors (Lipinski definition) is 8. The van der Waals surface area contributed by atoms with E-state index in [2.05, 4.69) is 19.8 Å². The lowest BCUT2D eigenvalue weighted by Gasteiger charge is -2.35. The summed E-state index contributed by atoms with van der Waals surface area (Å²) in [5, 5.41) is 0.385. The largest absolute Gasteiger partial charge is 0.497 e. The molecule has 1 aromatic carbocycles. The molecule has 0 unspecified atom stereocenters. The predicted molar refractivity (Wildman–Crippen MR) is 119 cm³/mol. The molecule has 164 valence electrons. The van der Waals surface area contributed by atoms with Crippen LogP contribution in [0.15, 0.2) is 35.1 Å². The van der Waals surface area contributed by atoms with Gasteiger partial charge in [-0.15, -0.1) is 0 Å². The maximum atomic E-state index is 12.8. The Labute approximate surface area is 180 Å². The van der Waals surface area contributed by atoms with Crippen molar-refractivity contribution in [2.24, 2.45) is 0 Å². The molecule has 1 fully saturated rings. The Bertz CT molecular complexity index is 1110. The van der Waals surface area contributed by atoms with E-state index in [9.17, 15) is 4.79 Å². The second-order valence-electron chi connectivity index (χ2n) is 7.34. The number of anilines is 1. The van der Waals surface area contributed by atoms with Crippen LogP contribution in [0, 0.1) is 0 Å². The van der Waals surface area contributed by atoms with Gasteiger partial charge in [-0.1, -0.05) is 6.07 Å². The molecule has 9 nitrogen and oxygen atoms in total. The summed E-state index contributed by atoms with van der Waals surface area (Å²) in [6, 6.07) is 9.16. The van der Waals surface area contributed by atoms with Gasteiger partial charge in [0.05, 0.1) is 26.3 Å². The topological polar surface area (TPSA) is 92.8 Å². The lowest BCUT2D eigenvalue weighted by Crippen LogP contribution is -2.47. The molecule has 0 atom stereocenters. The number of methoxy groups -OCH3 is 3. The molecule has 0 aliphatic carbocycles. The monoisotopic (exact) mass is 425 g/mol. The number of piperazine rings is 1. The van der Waals surface area contributed by atoms with Crippen LogP contribution in [0.5, 0.6) is 11.5 Å². The van der Waals surface area contributed by atoms with E-state index in [0.717, 1.165) is 45.1 Å². The number of aromatic nitrogens is 3. The number of hydrogen-bond donors (Lipinski definition) is 1. The Morgan fingerprint density at radius 1 is 1.03 bits per heavy atom. The van der Waals surface area contributed by atoms with Gasteiger partial charge in [0.15, 0.2) is 5.82 Å². The Kier molecular flexibility index (Phi) is 6.34. The Morgan fingerprint density at radius 2 is 1.84 bits per heavy atom. The molecule has 1 aliphatic heterocycles. The van der Waals surface area contributed by atoms with Crippen molar-refractivity contribution in [1.82, 2.24) is 19.9 Å². The molecule has 0 bridgehead atoms. The summed E-state index contributed by atoms with van der Waals surface area (Å²) in [6.07, 6.45) is 0. The van der Waals surface area contributed by atoms with Gasteiger partial charge in [-0.3, -0.25) is 9.69 Å². The van der Waals surface area contributed by atoms with Crippen LogP contribution < -0.4 is 19.9 Å². The fraction of sp³-hybridized carbons (Fsp3) is 0.409. The summed E-state index contributed by atoms with van der Waals surface area (Å²) in [5.74, 6) is 2.27. The number of fused-ring (bicyclic) bond motifs is 1. The third-order valence-electron chi connectivity index (χ3n) is 5.49. The molecule has 9 heteroatoms. The van der Waals surface area contributed by atoms with Crippen molar-refractivity contribution in [1.29, 1.82) is 0 Å². The number of nitrogens with zero attached hydrogens (tertiary/aromatic N) is 4. The Morgan fingerprint density at radius 3 is 2.55 bits per heavy atom. The van der Waals surface area contributed by atoms with Gasteiger partial charge < -0.3 is 24.1 Å². The third-order valence-corrected chi connectivity index (χ3v) is 5.49. The van der Waals surface area contributed by atoms with Crippen LogP contribution in [0.1, 0.15) is 0 Å². The van der Waals surface area contributed by atoms with E-state index in [-0.39, 0.29) is 5.56 Å². The first-order valence-corrected chi connectivity index (χ1v) is 10.2. The van der Waals surface area contributed by atoms with Crippen LogP contribution >= 0.6 is 0 Å². The standard InChI is InChI=1S/C22H27N5O4/c1-29-12-11-26-7-9-27(10-8-26)19-6-4-5-16(23-19)21-24-17-13-15(30-2)14-18(31-3)20(17)22(28)25-21/h4-6,13-14H,7-12H2,1-3H3,(H,24,25,28). The van der Waals surface area contributed by atoms with Gasteiger partial charge in [0.1, 0.15) is 28.4 Å². The maximum Gasteiger partial charge on any atom is 0.262 e. The van der Waals surface area contributed by atoms with Crippen LogP contribution in [0.25, 0.3) is 22.4 Å². The van der Waals surface area contributed by atoms with Gasteiger partial charge in [-0.2, -0.15) is 0 Å². The van der Waals surface area contributed by atoms with Gasteiger partial charge in [0.25, 0.3) is 5.56 Å². The van der Waals surface area contributed by atoms with Gasteiger partial charge in [0, 0.05) is 52.0 Å². The molecule has 3 heterocycles. The number of rotatable bonds is 7. The number of benzene rings is 1. The van der Waals surface area contributed by atoms with Crippen molar-refractivity contribution in [3.05, 3.63) is 40.7 Å². The minimum Gasteiger partial charge on any atom is -0.497 e. The fourth-order valence-corrected chi connectivity index (χ4v) is 3.76. The average molecular weight is 425 g/mol. The normalized spacial score (nSPS) is 14.7. The number of pyridine rings is 1. The van der Waals surface area contributed by atoms with Crippen molar-refractivity contribution in [2.75, 3.05) is 65.6 Å². The summed E-state index contributed by atoms with van der Waals surface area (Å²) >= 11 is 0. The summed E-state index contributed by atoms with van der Waals surface area (Å²) in [5.41, 5.74) is 0.826. The molecular formula is C22H27N5O4. The lowest BCUT2D eigenvalue weighted by atomic mass is 10.2. The number of aromatic amines is 1. The van der Waals surface area contributed by atoms with Gasteiger partial charge >= 0.3 is 0 Å². The highest BCUT2D eigenvalue weighted by atomic mass is 16.5. The van der Waals surface area contributed by atoms with Crippen molar-refractivity contribution in [2.45, 2.75) is 0 Å². The van der Waals surface area contributed by atoms with E-state index in [0.29, 0.717) is 33.9 Å². The van der Waals surface area contributed by atoms with Crippen molar-refractivity contribution in [3.8, 4) is 23.0 Å². The van der Waals surface area contributed by atoms with Gasteiger partial charge in [-0.25, -0.2) is 9.97 Å². The lowest BCUT2D eigenvalue weighted by molar-refractivity contribution is 0.144. The van der Waals surface area contributed by atoms with Crippen LogP contribution in [0.2, 0.25) is 0 Å². The van der Waals surface area contributed by atoms with Crippen LogP contribution in [0.4, 0.5) is 5.82 Å². The number of ether oxygens (including phenoxy) is 3. The summed E-state index contributed by atoms with van der Waals surface area (Å²) in [4.78, 5) is 29.7. The quantitative estimate of drug-likeness (QED) is 0.612. The molecule has 4 rings (SSSR count). The van der Waals surface area contributed by atoms with Crippen molar-refractivity contribution < 1.29 is 14.2 Å². The predicted octanol–water partition coefficient (Wildman–Crippen LogP) is 1.77. The first-order chi connectivity index (χ1) is 15.1. The Balaban J connectivity index is 1.63. The first kappa shape index (κ1) is 21.1. The SMILES string of the molecule is COCCN1CCN(c2cccc(-c3nc4cc(OC)cc(OC)c4c(=O)[nH]3)n2)CC1. The van der Waals surface area contributed by atoms with Crippen LogP contribution in [-0.2, 0) is 4.74 Å². The van der Waals surface area contributed by atoms with E-state index >= 15 is 0 Å². The van der Waals surface area contributed by atoms with Crippen molar-refractivity contribution in [3.63, 3.8) is 0 Å². The zero-order valence-electron chi connectivity index (χ0n) is 18.1. The number of nitrogens with one attached hydrogen (secondary N) is 1. The van der Waals surface area contributed by atoms with E-state index in [4.69, 9.17) is 19.2 Å². The van der Waals surface area contributed by atoms with Gasteiger partial charge in [-0.05, 0) is 12.1 Å². The molecule has 1 aliphatic rings. The zero-order valence-corrected chi connectivity index (χ0v) is 18.1. The molecule has 2 aromatic heterocycles. The van der Waals surface area contributed by atoms with Gasteiger partial charge in [0.2, 0.25) is 0 Å². The summed E-state index contributed by atoms with van der Waals surface area (Å²) in [6.45, 7) is 5.36. The Hall–Kier alpha value is -3.17. The third kappa shape index (κ3) is 4.47. The van der Waals surface area contributed by atoms with Crippen LogP contribution in [0.3, 0.4) is 0 Å². The minimum atomic E-state index is -0.279. The second-order valence-corrected chi connectivity index (χ2v) is 7.34. The summed E-state index contributed by atoms with van der Waals surface area (Å²) < 4.78 is 15.8. The molecule has 0 saturated carbocycles. The van der Waals surface area contributed by atoms with E-state index in [1.807, 2.05) is 18.2 Å². The van der Waals surface area contributed by atoms with Crippen molar-refractivity contribution >= 4 is 16.7 Å². The maximum absolute atomic E-state index is 12.8. The van der Waals surface area contributed by atoms with E-state index < -0.39 is 0 Å². The average Bonchev–Trinajstić information content (AvgIpc) is 2.82. The smallest absolute Gasteiger partial charge is 0.262 e. The molecule has 1 N–H and O–H groups in total. The van der Waals surface area contributed by atoms with E-state index in [1.54, 1.807) is 26.4 Å². The first-order valence-electron chi connectivity index (χ1n) is 10.2. The molecule has 0 spiro atoms. The highest BCUT2D eigenvalue weighted by Crippen LogP contribution is 2.28. The summed E-state index contributed by atoms with van der Waals surface area (Å²) in [7, 11) is 4.80. The zero-order chi connectivity index (χ0) is 21.8. The van der Waals surface area contributed by atoms with Crippen LogP contribution in [-0.4, -0.2) is 80.5 Å². The molecule has 3 aromatic rings. The number of H-pyrrole nitrogens is 1.